The summed E-state index contributed by atoms with van der Waals surface area (Å²) in [6.45, 7) is 1.35. The quantitative estimate of drug-likeness (QED) is 0.839. The van der Waals surface area contributed by atoms with E-state index in [1.807, 2.05) is 6.07 Å². The van der Waals surface area contributed by atoms with Crippen molar-refractivity contribution in [1.29, 1.82) is 0 Å². The highest BCUT2D eigenvalue weighted by Gasteiger charge is 2.32. The minimum Gasteiger partial charge on any atom is -0.342 e. The molecule has 1 aliphatic heterocycles. The molecular weight excluding hydrogens is 322 g/mol. The summed E-state index contributed by atoms with van der Waals surface area (Å²) in [7, 11) is -3.28. The number of hydrogen-bond donors (Lipinski definition) is 0. The average molecular weight is 349 g/mol. The van der Waals surface area contributed by atoms with Crippen molar-refractivity contribution in [3.05, 3.63) is 35.9 Å². The molecule has 24 heavy (non-hydrogen) atoms. The maximum absolute atomic E-state index is 12.5. The van der Waals surface area contributed by atoms with Crippen LogP contribution in [0.5, 0.6) is 0 Å². The topological polar surface area (TPSA) is 54.5 Å². The maximum atomic E-state index is 12.5. The van der Waals surface area contributed by atoms with Crippen LogP contribution in [0.4, 0.5) is 0 Å². The number of hydrogen-bond acceptors (Lipinski definition) is 3. The monoisotopic (exact) mass is 349 g/mol. The molecule has 5 heteroatoms. The van der Waals surface area contributed by atoms with Gasteiger partial charge in [0.2, 0.25) is 5.91 Å². The third-order valence-electron chi connectivity index (χ3n) is 5.49. The van der Waals surface area contributed by atoms with Crippen molar-refractivity contribution >= 4 is 15.7 Å². The molecule has 0 bridgehead atoms. The predicted molar refractivity (Wildman–Crippen MR) is 95.7 cm³/mol. The Morgan fingerprint density at radius 3 is 2.38 bits per heavy atom. The largest absolute Gasteiger partial charge is 0.342 e. The first-order valence-electron chi connectivity index (χ1n) is 9.10. The number of nitrogens with zero attached hydrogens (tertiary/aromatic N) is 1. The lowest BCUT2D eigenvalue weighted by molar-refractivity contribution is -0.128. The number of carbonyl (C=O) groups excluding carboxylic acids is 1. The molecule has 1 aliphatic carbocycles. The van der Waals surface area contributed by atoms with E-state index in [2.05, 4.69) is 24.3 Å². The Balaban J connectivity index is 1.58. The van der Waals surface area contributed by atoms with Gasteiger partial charge in [0.15, 0.2) is 9.84 Å². The van der Waals surface area contributed by atoms with E-state index in [-0.39, 0.29) is 16.9 Å². The molecule has 0 spiro atoms. The maximum Gasteiger partial charge on any atom is 0.237 e. The normalized spacial score (nSPS) is 23.2. The third kappa shape index (κ3) is 4.18. The zero-order valence-corrected chi connectivity index (χ0v) is 15.0. The summed E-state index contributed by atoms with van der Waals surface area (Å²) in [4.78, 5) is 14.3. The van der Waals surface area contributed by atoms with E-state index in [4.69, 9.17) is 0 Å². The minimum atomic E-state index is -3.28. The smallest absolute Gasteiger partial charge is 0.237 e. The summed E-state index contributed by atoms with van der Waals surface area (Å²) < 4.78 is 24.8. The van der Waals surface area contributed by atoms with Gasteiger partial charge in [-0.3, -0.25) is 4.79 Å². The third-order valence-corrected chi connectivity index (χ3v) is 7.62. The van der Waals surface area contributed by atoms with E-state index in [1.165, 1.54) is 5.56 Å². The van der Waals surface area contributed by atoms with Gasteiger partial charge in [-0.25, -0.2) is 8.42 Å². The molecule has 0 aromatic heterocycles. The van der Waals surface area contributed by atoms with Crippen molar-refractivity contribution in [2.45, 2.75) is 56.1 Å². The van der Waals surface area contributed by atoms with Crippen LogP contribution in [0.2, 0.25) is 0 Å². The zero-order chi connectivity index (χ0) is 17.0. The van der Waals surface area contributed by atoms with Gasteiger partial charge < -0.3 is 4.90 Å². The highest BCUT2D eigenvalue weighted by Crippen LogP contribution is 2.29. The average Bonchev–Trinajstić information content (AvgIpc) is 3.01. The standard InChI is InChI=1S/C19H27NO3S/c21-19(15-24(22,23)18-10-4-5-11-18)20-13-6-9-17(12-14-20)16-7-2-1-3-8-16/h1-3,7-8,17-18H,4-6,9-15H2/t17-/m1/s1. The molecule has 1 aromatic rings. The van der Waals surface area contributed by atoms with Gasteiger partial charge in [-0.15, -0.1) is 0 Å². The minimum absolute atomic E-state index is 0.199. The number of sulfone groups is 1. The van der Waals surface area contributed by atoms with Crippen LogP contribution >= 0.6 is 0 Å². The molecule has 1 aromatic carbocycles. The van der Waals surface area contributed by atoms with Gasteiger partial charge in [0, 0.05) is 13.1 Å². The molecule has 0 N–H and O–H groups in total. The Kier molecular flexibility index (Phi) is 5.59. The van der Waals surface area contributed by atoms with E-state index in [0.717, 1.165) is 44.9 Å². The molecule has 2 aliphatic rings. The highest BCUT2D eigenvalue weighted by molar-refractivity contribution is 7.92. The number of likely N-dealkylation sites (tertiary alicyclic amines) is 1. The lowest BCUT2D eigenvalue weighted by atomic mass is 9.92. The fourth-order valence-electron chi connectivity index (χ4n) is 4.03. The Labute approximate surface area is 145 Å². The Morgan fingerprint density at radius 2 is 1.67 bits per heavy atom. The Hall–Kier alpha value is -1.36. The van der Waals surface area contributed by atoms with Crippen LogP contribution in [-0.4, -0.2) is 43.3 Å². The van der Waals surface area contributed by atoms with E-state index < -0.39 is 9.84 Å². The number of benzene rings is 1. The Bertz CT molecular complexity index is 650. The number of rotatable bonds is 4. The van der Waals surface area contributed by atoms with Crippen molar-refractivity contribution in [3.8, 4) is 0 Å². The fourth-order valence-corrected chi connectivity index (χ4v) is 5.85. The first-order chi connectivity index (χ1) is 11.6. The molecule has 1 heterocycles. The fraction of sp³-hybridized carbons (Fsp3) is 0.632. The van der Waals surface area contributed by atoms with Crippen molar-refractivity contribution in [3.63, 3.8) is 0 Å². The molecule has 132 valence electrons. The van der Waals surface area contributed by atoms with E-state index in [9.17, 15) is 13.2 Å². The molecule has 1 saturated heterocycles. The van der Waals surface area contributed by atoms with Crippen LogP contribution in [0.25, 0.3) is 0 Å². The molecule has 0 unspecified atom stereocenters. The second-order valence-electron chi connectivity index (χ2n) is 7.13. The van der Waals surface area contributed by atoms with E-state index in [1.54, 1.807) is 4.90 Å². The van der Waals surface area contributed by atoms with Gasteiger partial charge in [-0.2, -0.15) is 0 Å². The molecule has 4 nitrogen and oxygen atoms in total. The van der Waals surface area contributed by atoms with Crippen LogP contribution in [0.3, 0.4) is 0 Å². The first kappa shape index (κ1) is 17.5. The van der Waals surface area contributed by atoms with Crippen molar-refractivity contribution in [2.75, 3.05) is 18.8 Å². The van der Waals surface area contributed by atoms with Crippen LogP contribution < -0.4 is 0 Å². The van der Waals surface area contributed by atoms with Crippen LogP contribution in [0.1, 0.15) is 56.4 Å². The van der Waals surface area contributed by atoms with Crippen LogP contribution in [-0.2, 0) is 14.6 Å². The van der Waals surface area contributed by atoms with Gasteiger partial charge in [0.05, 0.1) is 5.25 Å². The predicted octanol–water partition coefficient (Wildman–Crippen LogP) is 3.14. The van der Waals surface area contributed by atoms with Gasteiger partial charge >= 0.3 is 0 Å². The molecule has 3 rings (SSSR count). The summed E-state index contributed by atoms with van der Waals surface area (Å²) in [6.07, 6.45) is 6.32. The van der Waals surface area contributed by atoms with Gasteiger partial charge in [-0.1, -0.05) is 43.2 Å². The number of carbonyl (C=O) groups is 1. The van der Waals surface area contributed by atoms with Crippen LogP contribution in [0.15, 0.2) is 30.3 Å². The number of amides is 1. The second-order valence-corrected chi connectivity index (χ2v) is 9.41. The van der Waals surface area contributed by atoms with E-state index >= 15 is 0 Å². The summed E-state index contributed by atoms with van der Waals surface area (Å²) in [5.41, 5.74) is 1.32. The molecule has 0 radical (unpaired) electrons. The Morgan fingerprint density at radius 1 is 0.958 bits per heavy atom. The van der Waals surface area contributed by atoms with Crippen molar-refractivity contribution in [2.24, 2.45) is 0 Å². The molecule has 1 amide bonds. The summed E-state index contributed by atoms with van der Waals surface area (Å²) in [5.74, 6) is -0.0285. The second kappa shape index (κ2) is 7.68. The van der Waals surface area contributed by atoms with Gasteiger partial charge in [0.1, 0.15) is 5.75 Å². The lowest BCUT2D eigenvalue weighted by Gasteiger charge is -2.22. The molecule has 1 saturated carbocycles. The van der Waals surface area contributed by atoms with E-state index in [0.29, 0.717) is 19.0 Å². The summed E-state index contributed by atoms with van der Waals surface area (Å²) in [6, 6.07) is 10.4. The van der Waals surface area contributed by atoms with Gasteiger partial charge in [0.25, 0.3) is 0 Å². The van der Waals surface area contributed by atoms with Crippen molar-refractivity contribution < 1.29 is 13.2 Å². The molecule has 2 fully saturated rings. The van der Waals surface area contributed by atoms with Crippen LogP contribution in [0, 0.1) is 0 Å². The zero-order valence-electron chi connectivity index (χ0n) is 14.2. The SMILES string of the molecule is O=C(CS(=O)(=O)C1CCCC1)N1CCC[C@@H](c2ccccc2)CC1. The van der Waals surface area contributed by atoms with Gasteiger partial charge in [-0.05, 0) is 43.6 Å². The highest BCUT2D eigenvalue weighted by atomic mass is 32.2. The molecular formula is C19H27NO3S. The summed E-state index contributed by atoms with van der Waals surface area (Å²) >= 11 is 0. The molecule has 1 atom stereocenters. The lowest BCUT2D eigenvalue weighted by Crippen LogP contribution is -2.38. The summed E-state index contributed by atoms with van der Waals surface area (Å²) in [5, 5.41) is -0.287. The van der Waals surface area contributed by atoms with Crippen molar-refractivity contribution in [1.82, 2.24) is 4.90 Å². The first-order valence-corrected chi connectivity index (χ1v) is 10.8.